The quantitative estimate of drug-likeness (QED) is 0.794. The molecule has 1 aromatic carbocycles. The first kappa shape index (κ1) is 16.1. The zero-order valence-corrected chi connectivity index (χ0v) is 12.1. The molecule has 0 atom stereocenters. The summed E-state index contributed by atoms with van der Waals surface area (Å²) >= 11 is 0. The highest BCUT2D eigenvalue weighted by Gasteiger charge is 2.25. The van der Waals surface area contributed by atoms with Crippen molar-refractivity contribution in [2.75, 3.05) is 20.7 Å². The largest absolute Gasteiger partial charge is 0.480 e. The minimum absolute atomic E-state index is 0.0473. The smallest absolute Gasteiger partial charge is 0.337 e. The number of aliphatic carboxylic acids is 1. The third-order valence-electron chi connectivity index (χ3n) is 2.64. The number of benzene rings is 1. The molecule has 1 rings (SSSR count). The highest BCUT2D eigenvalue weighted by atomic mass is 32.2. The number of methoxy groups -OCH3 is 1. The van der Waals surface area contributed by atoms with Crippen LogP contribution in [0, 0.1) is 6.92 Å². The molecule has 0 saturated heterocycles. The maximum atomic E-state index is 12.2. The van der Waals surface area contributed by atoms with Crippen LogP contribution in [-0.4, -0.2) is 50.5 Å². The van der Waals surface area contributed by atoms with Gasteiger partial charge in [-0.3, -0.25) is 4.79 Å². The average molecular weight is 301 g/mol. The van der Waals surface area contributed by atoms with Crippen molar-refractivity contribution < 1.29 is 27.9 Å². The van der Waals surface area contributed by atoms with Gasteiger partial charge in [0.1, 0.15) is 6.54 Å². The van der Waals surface area contributed by atoms with Gasteiger partial charge in [-0.1, -0.05) is 0 Å². The molecular weight excluding hydrogens is 286 g/mol. The highest BCUT2D eigenvalue weighted by Crippen LogP contribution is 2.20. The number of sulfonamides is 1. The van der Waals surface area contributed by atoms with Crippen molar-refractivity contribution in [3.63, 3.8) is 0 Å². The van der Waals surface area contributed by atoms with E-state index in [-0.39, 0.29) is 10.5 Å². The van der Waals surface area contributed by atoms with Crippen LogP contribution in [0.2, 0.25) is 0 Å². The van der Waals surface area contributed by atoms with Crippen molar-refractivity contribution in [2.24, 2.45) is 0 Å². The van der Waals surface area contributed by atoms with Gasteiger partial charge in [0, 0.05) is 7.05 Å². The number of aryl methyl sites for hydroxylation is 1. The molecule has 0 heterocycles. The normalized spacial score (nSPS) is 11.4. The fraction of sp³-hybridized carbons (Fsp3) is 0.333. The molecule has 0 amide bonds. The molecule has 0 aromatic heterocycles. The standard InChI is InChI=1S/C12H15NO6S/c1-8-6-9(12(16)19-3)4-5-10(8)20(17,18)13(2)7-11(14)15/h4-6H,7H2,1-3H3,(H,14,15). The summed E-state index contributed by atoms with van der Waals surface area (Å²) in [5.74, 6) is -1.82. The van der Waals surface area contributed by atoms with Gasteiger partial charge in [0.15, 0.2) is 0 Å². The van der Waals surface area contributed by atoms with E-state index in [0.717, 1.165) is 4.31 Å². The van der Waals surface area contributed by atoms with E-state index in [2.05, 4.69) is 4.74 Å². The van der Waals surface area contributed by atoms with Crippen molar-refractivity contribution in [1.29, 1.82) is 0 Å². The molecular formula is C12H15NO6S. The number of carboxylic acid groups (broad SMARTS) is 1. The second-order valence-electron chi connectivity index (χ2n) is 4.13. The molecule has 0 unspecified atom stereocenters. The number of likely N-dealkylation sites (N-methyl/N-ethyl adjacent to an activating group) is 1. The lowest BCUT2D eigenvalue weighted by Crippen LogP contribution is -2.32. The number of esters is 1. The summed E-state index contributed by atoms with van der Waals surface area (Å²) in [6, 6.07) is 3.96. The first-order valence-corrected chi connectivity index (χ1v) is 7.01. The fourth-order valence-electron chi connectivity index (χ4n) is 1.63. The zero-order chi connectivity index (χ0) is 15.5. The lowest BCUT2D eigenvalue weighted by atomic mass is 10.1. The minimum Gasteiger partial charge on any atom is -0.480 e. The predicted molar refractivity (Wildman–Crippen MR) is 70.0 cm³/mol. The van der Waals surface area contributed by atoms with E-state index in [1.54, 1.807) is 0 Å². The first-order chi connectivity index (χ1) is 9.20. The maximum Gasteiger partial charge on any atom is 0.337 e. The van der Waals surface area contributed by atoms with E-state index in [0.29, 0.717) is 5.56 Å². The van der Waals surface area contributed by atoms with Crippen molar-refractivity contribution >= 4 is 22.0 Å². The monoisotopic (exact) mass is 301 g/mol. The van der Waals surface area contributed by atoms with Crippen LogP contribution in [0.25, 0.3) is 0 Å². The van der Waals surface area contributed by atoms with Crippen LogP contribution in [0.15, 0.2) is 23.1 Å². The van der Waals surface area contributed by atoms with Crippen LogP contribution < -0.4 is 0 Å². The molecule has 0 bridgehead atoms. The number of carbonyl (C=O) groups is 2. The van der Waals surface area contributed by atoms with Gasteiger partial charge in [0.05, 0.1) is 17.6 Å². The molecule has 0 saturated carbocycles. The number of hydrogen-bond acceptors (Lipinski definition) is 5. The fourth-order valence-corrected chi connectivity index (χ4v) is 2.95. The van der Waals surface area contributed by atoms with Crippen LogP contribution in [0.3, 0.4) is 0 Å². The Morgan fingerprint density at radius 3 is 2.40 bits per heavy atom. The Hall–Kier alpha value is -1.93. The van der Waals surface area contributed by atoms with E-state index < -0.39 is 28.5 Å². The number of nitrogens with zero attached hydrogens (tertiary/aromatic N) is 1. The summed E-state index contributed by atoms with van der Waals surface area (Å²) < 4.78 is 29.6. The Balaban J connectivity index is 3.20. The summed E-state index contributed by atoms with van der Waals surface area (Å²) in [6.45, 7) is 0.883. The van der Waals surface area contributed by atoms with E-state index in [1.165, 1.54) is 39.3 Å². The Kier molecular flexibility index (Phi) is 4.85. The lowest BCUT2D eigenvalue weighted by molar-refractivity contribution is -0.137. The van der Waals surface area contributed by atoms with Crippen LogP contribution in [-0.2, 0) is 19.6 Å². The molecule has 0 aliphatic heterocycles. The van der Waals surface area contributed by atoms with E-state index in [1.807, 2.05) is 0 Å². The number of carboxylic acids is 1. The number of carbonyl (C=O) groups excluding carboxylic acids is 1. The Labute approximate surface area is 116 Å². The second kappa shape index (κ2) is 6.02. The second-order valence-corrected chi connectivity index (χ2v) is 6.14. The number of hydrogen-bond donors (Lipinski definition) is 1. The number of rotatable bonds is 5. The Bertz CT molecular complexity index is 637. The van der Waals surface area contributed by atoms with Gasteiger partial charge in [0.25, 0.3) is 0 Å². The summed E-state index contributed by atoms with van der Waals surface area (Å²) in [6.07, 6.45) is 0. The molecule has 0 radical (unpaired) electrons. The summed E-state index contributed by atoms with van der Waals surface area (Å²) in [5.41, 5.74) is 0.565. The van der Waals surface area contributed by atoms with Crippen molar-refractivity contribution in [1.82, 2.24) is 4.31 Å². The highest BCUT2D eigenvalue weighted by molar-refractivity contribution is 7.89. The van der Waals surface area contributed by atoms with Crippen molar-refractivity contribution in [3.05, 3.63) is 29.3 Å². The Morgan fingerprint density at radius 1 is 1.35 bits per heavy atom. The zero-order valence-electron chi connectivity index (χ0n) is 11.3. The van der Waals surface area contributed by atoms with Crippen molar-refractivity contribution in [3.8, 4) is 0 Å². The molecule has 1 aromatic rings. The van der Waals surface area contributed by atoms with Gasteiger partial charge >= 0.3 is 11.9 Å². The average Bonchev–Trinajstić information content (AvgIpc) is 2.36. The molecule has 0 aliphatic carbocycles. The van der Waals surface area contributed by atoms with Gasteiger partial charge in [0.2, 0.25) is 10.0 Å². The third-order valence-corrected chi connectivity index (χ3v) is 4.61. The predicted octanol–water partition coefficient (Wildman–Crippen LogP) is 0.487. The Morgan fingerprint density at radius 2 is 1.95 bits per heavy atom. The third kappa shape index (κ3) is 3.34. The van der Waals surface area contributed by atoms with Gasteiger partial charge < -0.3 is 9.84 Å². The molecule has 20 heavy (non-hydrogen) atoms. The summed E-state index contributed by atoms with van der Waals surface area (Å²) in [7, 11) is -1.51. The topological polar surface area (TPSA) is 101 Å². The summed E-state index contributed by atoms with van der Waals surface area (Å²) in [4.78, 5) is 21.9. The van der Waals surface area contributed by atoms with Crippen LogP contribution >= 0.6 is 0 Å². The molecule has 1 N–H and O–H groups in total. The van der Waals surface area contributed by atoms with Crippen molar-refractivity contribution in [2.45, 2.75) is 11.8 Å². The SMILES string of the molecule is COC(=O)c1ccc(S(=O)(=O)N(C)CC(=O)O)c(C)c1. The lowest BCUT2D eigenvalue weighted by Gasteiger charge is -2.16. The molecule has 0 spiro atoms. The van der Waals surface area contributed by atoms with Gasteiger partial charge in [-0.15, -0.1) is 0 Å². The van der Waals surface area contributed by atoms with Gasteiger partial charge in [-0.25, -0.2) is 13.2 Å². The van der Waals surface area contributed by atoms with Crippen LogP contribution in [0.1, 0.15) is 15.9 Å². The van der Waals surface area contributed by atoms with Gasteiger partial charge in [-0.2, -0.15) is 4.31 Å². The molecule has 0 aliphatic rings. The number of ether oxygens (including phenoxy) is 1. The molecule has 8 heteroatoms. The van der Waals surface area contributed by atoms with Crippen LogP contribution in [0.5, 0.6) is 0 Å². The van der Waals surface area contributed by atoms with E-state index in [4.69, 9.17) is 5.11 Å². The molecule has 110 valence electrons. The maximum absolute atomic E-state index is 12.2. The molecule has 7 nitrogen and oxygen atoms in total. The van der Waals surface area contributed by atoms with Crippen LogP contribution in [0.4, 0.5) is 0 Å². The van der Waals surface area contributed by atoms with Gasteiger partial charge in [-0.05, 0) is 30.7 Å². The van der Waals surface area contributed by atoms with E-state index in [9.17, 15) is 18.0 Å². The minimum atomic E-state index is -3.91. The summed E-state index contributed by atoms with van der Waals surface area (Å²) in [5, 5.41) is 8.64. The first-order valence-electron chi connectivity index (χ1n) is 5.57. The van der Waals surface area contributed by atoms with E-state index >= 15 is 0 Å². The molecule has 0 fully saturated rings.